The second-order valence-corrected chi connectivity index (χ2v) is 6.27. The third-order valence-electron chi connectivity index (χ3n) is 2.99. The number of hydrogen-bond acceptors (Lipinski definition) is 5. The molecule has 0 aliphatic rings. The number of H-pyrrole nitrogens is 1. The highest BCUT2D eigenvalue weighted by atomic mass is 32.2. The van der Waals surface area contributed by atoms with Gasteiger partial charge in [0.1, 0.15) is 10.0 Å². The summed E-state index contributed by atoms with van der Waals surface area (Å²) in [7, 11) is -3.75. The van der Waals surface area contributed by atoms with Gasteiger partial charge in [-0.3, -0.25) is 0 Å². The molecule has 8 heteroatoms. The Morgan fingerprint density at radius 1 is 1.09 bits per heavy atom. The smallest absolute Gasteiger partial charge is 0.204 e. The highest BCUT2D eigenvalue weighted by molar-refractivity contribution is 7.94. The van der Waals surface area contributed by atoms with Gasteiger partial charge in [-0.15, -0.1) is 15.9 Å². The topological polar surface area (TPSA) is 103 Å². The van der Waals surface area contributed by atoms with E-state index >= 15 is 0 Å². The van der Waals surface area contributed by atoms with Crippen LogP contribution in [0.3, 0.4) is 0 Å². The van der Waals surface area contributed by atoms with E-state index in [4.69, 9.17) is 0 Å². The normalized spacial score (nSPS) is 11.3. The van der Waals surface area contributed by atoms with Crippen molar-refractivity contribution < 1.29 is 8.42 Å². The van der Waals surface area contributed by atoms with Gasteiger partial charge in [-0.05, 0) is 24.3 Å². The Morgan fingerprint density at radius 2 is 1.86 bits per heavy atom. The molecule has 1 aromatic heterocycles. The predicted octanol–water partition coefficient (Wildman–Crippen LogP) is 2.57. The molecule has 22 heavy (non-hydrogen) atoms. The van der Waals surface area contributed by atoms with Gasteiger partial charge in [0, 0.05) is 5.56 Å². The molecule has 1 N–H and O–H groups in total. The average molecular weight is 314 g/mol. The van der Waals surface area contributed by atoms with Crippen LogP contribution in [0.2, 0.25) is 0 Å². The number of tetrazole rings is 1. The van der Waals surface area contributed by atoms with Crippen LogP contribution in [0, 0.1) is 6.92 Å². The maximum absolute atomic E-state index is 12.3. The first-order valence-electron chi connectivity index (χ1n) is 6.43. The number of rotatable bonds is 4. The maximum Gasteiger partial charge on any atom is 0.204 e. The molecule has 0 saturated carbocycles. The second-order valence-electron chi connectivity index (χ2n) is 4.67. The Kier molecular flexibility index (Phi) is 3.60. The minimum absolute atomic E-state index is 0.156. The predicted molar refractivity (Wildman–Crippen MR) is 81.0 cm³/mol. The number of aryl methyl sites for hydroxylation is 1. The first-order valence-corrected chi connectivity index (χ1v) is 7.87. The summed E-state index contributed by atoms with van der Waals surface area (Å²) in [6.07, 6.45) is 0. The van der Waals surface area contributed by atoms with Crippen LogP contribution in [0.15, 0.2) is 53.4 Å². The van der Waals surface area contributed by atoms with E-state index in [0.717, 1.165) is 5.56 Å². The van der Waals surface area contributed by atoms with Crippen molar-refractivity contribution in [3.8, 4) is 11.4 Å². The molecule has 0 atom stereocenters. The quantitative estimate of drug-likeness (QED) is 0.797. The number of hydrogen-bond donors (Lipinski definition) is 1. The van der Waals surface area contributed by atoms with Crippen molar-refractivity contribution in [2.24, 2.45) is 0 Å². The number of aromatic amines is 1. The lowest BCUT2D eigenvalue weighted by Gasteiger charge is -2.22. The highest BCUT2D eigenvalue weighted by Crippen LogP contribution is 2.30. The van der Waals surface area contributed by atoms with Gasteiger partial charge < -0.3 is 4.72 Å². The Hall–Kier alpha value is -2.74. The summed E-state index contributed by atoms with van der Waals surface area (Å²) in [6.45, 7) is 1.89. The van der Waals surface area contributed by atoms with Gasteiger partial charge in [0.05, 0.1) is 4.90 Å². The lowest BCUT2D eigenvalue weighted by molar-refractivity contribution is 0.603. The van der Waals surface area contributed by atoms with Crippen LogP contribution in [0.25, 0.3) is 16.1 Å². The van der Waals surface area contributed by atoms with E-state index in [-0.39, 0.29) is 4.90 Å². The van der Waals surface area contributed by atoms with Crippen LogP contribution in [0.1, 0.15) is 5.56 Å². The number of sulfonamides is 1. The lowest BCUT2D eigenvalue weighted by atomic mass is 10.2. The molecular weight excluding hydrogens is 302 g/mol. The fourth-order valence-corrected chi connectivity index (χ4v) is 2.86. The van der Waals surface area contributed by atoms with Crippen molar-refractivity contribution in [2.75, 3.05) is 0 Å². The van der Waals surface area contributed by atoms with E-state index in [1.807, 2.05) is 6.92 Å². The van der Waals surface area contributed by atoms with Gasteiger partial charge in [-0.1, -0.05) is 42.0 Å². The molecule has 1 heterocycles. The fourth-order valence-electron chi connectivity index (χ4n) is 1.89. The summed E-state index contributed by atoms with van der Waals surface area (Å²) >= 11 is 0. The van der Waals surface area contributed by atoms with Crippen molar-refractivity contribution in [3.63, 3.8) is 0 Å². The first-order chi connectivity index (χ1) is 10.5. The molecule has 0 amide bonds. The van der Waals surface area contributed by atoms with Crippen molar-refractivity contribution in [1.82, 2.24) is 20.6 Å². The summed E-state index contributed by atoms with van der Waals surface area (Å²) in [4.78, 5) is 0.156. The van der Waals surface area contributed by atoms with E-state index in [2.05, 4.69) is 25.3 Å². The van der Waals surface area contributed by atoms with E-state index in [1.165, 1.54) is 12.1 Å². The molecule has 3 aromatic rings. The standard InChI is InChI=1S/C14H12N5O2S/c1-10-5-7-13(8-6-10)22(20,21)17-12-4-2-3-11(9-12)14-15-18-19-16-14/h2-9H,1H3,(H,15,16,18,19)/q-1. The first kappa shape index (κ1) is 14.2. The Labute approximate surface area is 127 Å². The maximum atomic E-state index is 12.3. The van der Waals surface area contributed by atoms with Gasteiger partial charge in [-0.25, -0.2) is 8.42 Å². The Bertz CT molecular complexity index is 874. The minimum Gasteiger partial charge on any atom is -0.573 e. The van der Waals surface area contributed by atoms with E-state index < -0.39 is 10.0 Å². The molecule has 0 saturated heterocycles. The van der Waals surface area contributed by atoms with E-state index in [1.54, 1.807) is 36.4 Å². The minimum atomic E-state index is -3.75. The fraction of sp³-hybridized carbons (Fsp3) is 0.0714. The summed E-state index contributed by atoms with van der Waals surface area (Å²) in [6, 6.07) is 13.2. The molecule has 3 rings (SSSR count). The molecular formula is C14H12N5O2S-. The van der Waals surface area contributed by atoms with Crippen LogP contribution in [-0.4, -0.2) is 29.0 Å². The highest BCUT2D eigenvalue weighted by Gasteiger charge is 2.06. The van der Waals surface area contributed by atoms with Crippen LogP contribution < -0.4 is 0 Å². The monoisotopic (exact) mass is 314 g/mol. The zero-order chi connectivity index (χ0) is 15.6. The summed E-state index contributed by atoms with van der Waals surface area (Å²) in [5.41, 5.74) is 1.93. The molecule has 0 spiro atoms. The molecule has 0 aliphatic heterocycles. The van der Waals surface area contributed by atoms with Crippen LogP contribution in [0.5, 0.6) is 0 Å². The summed E-state index contributed by atoms with van der Waals surface area (Å²) in [5.74, 6) is 0.379. The van der Waals surface area contributed by atoms with Crippen molar-refractivity contribution in [2.45, 2.75) is 11.8 Å². The summed E-state index contributed by atoms with van der Waals surface area (Å²) < 4.78 is 28.4. The Morgan fingerprint density at radius 3 is 2.55 bits per heavy atom. The van der Waals surface area contributed by atoms with E-state index in [0.29, 0.717) is 17.1 Å². The molecule has 0 bridgehead atoms. The molecule has 7 nitrogen and oxygen atoms in total. The molecule has 0 aliphatic carbocycles. The van der Waals surface area contributed by atoms with Crippen molar-refractivity contribution in [3.05, 3.63) is 58.8 Å². The average Bonchev–Trinajstić information content (AvgIpc) is 3.02. The zero-order valence-electron chi connectivity index (χ0n) is 11.6. The molecule has 0 radical (unpaired) electrons. The Balaban J connectivity index is 1.89. The zero-order valence-corrected chi connectivity index (χ0v) is 12.4. The van der Waals surface area contributed by atoms with Crippen LogP contribution in [0.4, 0.5) is 5.69 Å². The van der Waals surface area contributed by atoms with E-state index in [9.17, 15) is 8.42 Å². The SMILES string of the molecule is Cc1ccc(S(=O)(=O)[N-]c2cccc(-c3nn[nH]n3)c2)cc1. The number of benzene rings is 2. The lowest BCUT2D eigenvalue weighted by Crippen LogP contribution is -1.97. The summed E-state index contributed by atoms with van der Waals surface area (Å²) in [5, 5.41) is 13.5. The number of nitrogens with zero attached hydrogens (tertiary/aromatic N) is 4. The largest absolute Gasteiger partial charge is 0.573 e. The van der Waals surface area contributed by atoms with Gasteiger partial charge in [-0.2, -0.15) is 5.21 Å². The van der Waals surface area contributed by atoms with Crippen molar-refractivity contribution >= 4 is 15.7 Å². The molecule has 112 valence electrons. The van der Waals surface area contributed by atoms with Gasteiger partial charge >= 0.3 is 0 Å². The molecule has 2 aromatic carbocycles. The number of aromatic nitrogens is 4. The van der Waals surface area contributed by atoms with Crippen LogP contribution in [-0.2, 0) is 10.0 Å². The van der Waals surface area contributed by atoms with Crippen LogP contribution >= 0.6 is 0 Å². The van der Waals surface area contributed by atoms with Gasteiger partial charge in [0.15, 0.2) is 0 Å². The third kappa shape index (κ3) is 2.96. The number of nitrogens with one attached hydrogen (secondary N) is 1. The van der Waals surface area contributed by atoms with Gasteiger partial charge in [0.25, 0.3) is 0 Å². The van der Waals surface area contributed by atoms with Gasteiger partial charge in [0.2, 0.25) is 5.82 Å². The van der Waals surface area contributed by atoms with Crippen molar-refractivity contribution in [1.29, 1.82) is 0 Å². The third-order valence-corrected chi connectivity index (χ3v) is 4.31. The molecule has 0 fully saturated rings. The molecule has 0 unspecified atom stereocenters. The second kappa shape index (κ2) is 5.57.